The van der Waals surface area contributed by atoms with Crippen molar-refractivity contribution in [2.75, 3.05) is 6.54 Å². The molecule has 2 aromatic heterocycles. The number of amides is 1. The average molecular weight is 311 g/mol. The molecule has 1 aliphatic heterocycles. The lowest BCUT2D eigenvalue weighted by Crippen LogP contribution is -2.38. The maximum Gasteiger partial charge on any atom is 0.278 e. The third-order valence-corrected chi connectivity index (χ3v) is 3.49. The first kappa shape index (κ1) is 14.6. The minimum absolute atomic E-state index is 0.0198. The molecule has 0 radical (unpaired) electrons. The number of nitrogens with zero attached hydrogens (tertiary/aromatic N) is 3. The largest absolute Gasteiger partial charge is 0.387 e. The molecule has 1 aliphatic rings. The summed E-state index contributed by atoms with van der Waals surface area (Å²) >= 11 is 0. The van der Waals surface area contributed by atoms with Crippen LogP contribution in [0, 0.1) is 0 Å². The second-order valence-electron chi connectivity index (χ2n) is 4.99. The van der Waals surface area contributed by atoms with E-state index < -0.39 is 30.2 Å². The number of fused-ring (bicyclic) bond motifs is 1. The van der Waals surface area contributed by atoms with Crippen LogP contribution in [0.2, 0.25) is 0 Å². The molecule has 0 unspecified atom stereocenters. The van der Waals surface area contributed by atoms with E-state index in [0.29, 0.717) is 0 Å². The van der Waals surface area contributed by atoms with Crippen LogP contribution in [0.5, 0.6) is 0 Å². The van der Waals surface area contributed by atoms with Gasteiger partial charge in [0, 0.05) is 13.5 Å². The van der Waals surface area contributed by atoms with Gasteiger partial charge in [-0.25, -0.2) is 14.4 Å². The summed E-state index contributed by atoms with van der Waals surface area (Å²) in [4.78, 5) is 32.7. The van der Waals surface area contributed by atoms with Crippen LogP contribution < -0.4 is 10.9 Å². The van der Waals surface area contributed by atoms with E-state index >= 15 is 0 Å². The van der Waals surface area contributed by atoms with E-state index in [-0.39, 0.29) is 23.6 Å². The van der Waals surface area contributed by atoms with Crippen molar-refractivity contribution < 1.29 is 19.0 Å². The smallest absolute Gasteiger partial charge is 0.278 e. The Kier molecular flexibility index (Phi) is 3.62. The van der Waals surface area contributed by atoms with E-state index in [1.807, 2.05) is 0 Å². The van der Waals surface area contributed by atoms with Crippen LogP contribution in [-0.2, 0) is 9.53 Å². The fourth-order valence-electron chi connectivity index (χ4n) is 2.39. The second kappa shape index (κ2) is 5.46. The molecule has 0 aliphatic carbocycles. The van der Waals surface area contributed by atoms with Gasteiger partial charge in [-0.3, -0.25) is 14.2 Å². The number of aromatic nitrogens is 4. The highest BCUT2D eigenvalue weighted by atomic mass is 19.1. The normalized spacial score (nSPS) is 28.1. The quantitative estimate of drug-likeness (QED) is 0.658. The van der Waals surface area contributed by atoms with Gasteiger partial charge in [0.15, 0.2) is 23.6 Å². The Morgan fingerprint density at radius 2 is 2.36 bits per heavy atom. The third kappa shape index (κ3) is 2.35. The van der Waals surface area contributed by atoms with Crippen molar-refractivity contribution in [1.82, 2.24) is 24.8 Å². The summed E-state index contributed by atoms with van der Waals surface area (Å²) < 4.78 is 21.0. The number of carbonyl (C=O) groups is 1. The summed E-state index contributed by atoms with van der Waals surface area (Å²) in [5, 5.41) is 12.4. The summed E-state index contributed by atoms with van der Waals surface area (Å²) in [7, 11) is 0. The molecular formula is C12H14FN5O4. The minimum atomic E-state index is -1.74. The molecule has 3 N–H and O–H groups in total. The zero-order valence-electron chi connectivity index (χ0n) is 11.6. The zero-order chi connectivity index (χ0) is 15.9. The molecule has 22 heavy (non-hydrogen) atoms. The maximum absolute atomic E-state index is 14.3. The lowest BCUT2D eigenvalue weighted by atomic mass is 10.1. The van der Waals surface area contributed by atoms with Gasteiger partial charge in [0.1, 0.15) is 12.2 Å². The summed E-state index contributed by atoms with van der Waals surface area (Å²) in [6.45, 7) is 1.29. The Morgan fingerprint density at radius 3 is 3.09 bits per heavy atom. The fraction of sp³-hybridized carbons (Fsp3) is 0.500. The number of aliphatic hydroxyl groups excluding tert-OH is 1. The first-order valence-corrected chi connectivity index (χ1v) is 6.61. The number of aliphatic hydroxyl groups is 1. The van der Waals surface area contributed by atoms with E-state index in [0.717, 1.165) is 0 Å². The van der Waals surface area contributed by atoms with Crippen molar-refractivity contribution in [3.05, 3.63) is 23.0 Å². The number of aromatic amines is 1. The topological polar surface area (TPSA) is 122 Å². The first-order valence-electron chi connectivity index (χ1n) is 6.61. The molecule has 0 saturated carbocycles. The van der Waals surface area contributed by atoms with Crippen LogP contribution in [0.3, 0.4) is 0 Å². The maximum atomic E-state index is 14.3. The van der Waals surface area contributed by atoms with Gasteiger partial charge in [0.2, 0.25) is 5.91 Å². The Hall–Kier alpha value is -2.33. The van der Waals surface area contributed by atoms with Crippen LogP contribution in [0.4, 0.5) is 4.39 Å². The van der Waals surface area contributed by atoms with Gasteiger partial charge in [-0.1, -0.05) is 0 Å². The number of ether oxygens (including phenoxy) is 1. The number of carbonyl (C=O) groups excluding carboxylic acids is 1. The Morgan fingerprint density at radius 1 is 1.59 bits per heavy atom. The van der Waals surface area contributed by atoms with Crippen LogP contribution >= 0.6 is 0 Å². The zero-order valence-corrected chi connectivity index (χ0v) is 11.6. The van der Waals surface area contributed by atoms with Crippen LogP contribution in [-0.4, -0.2) is 55.5 Å². The molecule has 0 aromatic carbocycles. The van der Waals surface area contributed by atoms with Crippen molar-refractivity contribution in [3.8, 4) is 0 Å². The monoisotopic (exact) mass is 311 g/mol. The van der Waals surface area contributed by atoms with Gasteiger partial charge in [0.05, 0.1) is 12.7 Å². The molecule has 0 bridgehead atoms. The van der Waals surface area contributed by atoms with Gasteiger partial charge in [-0.15, -0.1) is 0 Å². The van der Waals surface area contributed by atoms with Crippen molar-refractivity contribution >= 4 is 17.1 Å². The van der Waals surface area contributed by atoms with E-state index in [4.69, 9.17) is 4.74 Å². The lowest BCUT2D eigenvalue weighted by molar-refractivity contribution is -0.120. The van der Waals surface area contributed by atoms with Gasteiger partial charge < -0.3 is 20.1 Å². The van der Waals surface area contributed by atoms with E-state index in [1.165, 1.54) is 24.1 Å². The van der Waals surface area contributed by atoms with Gasteiger partial charge in [-0.05, 0) is 0 Å². The minimum Gasteiger partial charge on any atom is -0.387 e. The van der Waals surface area contributed by atoms with Gasteiger partial charge >= 0.3 is 0 Å². The summed E-state index contributed by atoms with van der Waals surface area (Å²) in [5.74, 6) is -0.309. The highest BCUT2D eigenvalue weighted by molar-refractivity contribution is 5.72. The molecule has 3 rings (SSSR count). The second-order valence-corrected chi connectivity index (χ2v) is 4.99. The molecule has 3 heterocycles. The number of H-pyrrole nitrogens is 1. The average Bonchev–Trinajstić information content (AvgIpc) is 3.01. The summed E-state index contributed by atoms with van der Waals surface area (Å²) in [6.07, 6.45) is -2.81. The molecule has 1 amide bonds. The lowest BCUT2D eigenvalue weighted by Gasteiger charge is -2.15. The molecule has 0 spiro atoms. The third-order valence-electron chi connectivity index (χ3n) is 3.49. The van der Waals surface area contributed by atoms with Crippen LogP contribution in [0.15, 0.2) is 17.4 Å². The number of nitrogens with one attached hydrogen (secondary N) is 2. The fourth-order valence-corrected chi connectivity index (χ4v) is 2.39. The Labute approximate surface area is 123 Å². The van der Waals surface area contributed by atoms with Gasteiger partial charge in [-0.2, -0.15) is 0 Å². The van der Waals surface area contributed by atoms with E-state index in [1.54, 1.807) is 0 Å². The molecule has 10 heteroatoms. The highest BCUT2D eigenvalue weighted by Gasteiger charge is 2.45. The standard InChI is InChI=1S/C12H14FN5O4/c1-5(19)14-2-6-9(20)7(13)12(22-6)18-4-17-8-10(18)15-3-16-11(8)21/h3-4,6-7,9,12,20H,2H2,1H3,(H,14,19)(H,15,16,21)/t6-,7-,9-,12-/m1/s1. The Balaban J connectivity index is 1.89. The number of rotatable bonds is 3. The van der Waals surface area contributed by atoms with Gasteiger partial charge in [0.25, 0.3) is 5.56 Å². The molecule has 1 saturated heterocycles. The molecule has 1 fully saturated rings. The predicted molar refractivity (Wildman–Crippen MR) is 71.6 cm³/mol. The van der Waals surface area contributed by atoms with E-state index in [2.05, 4.69) is 20.3 Å². The number of hydrogen-bond acceptors (Lipinski definition) is 6. The number of halogens is 1. The van der Waals surface area contributed by atoms with Crippen molar-refractivity contribution in [2.45, 2.75) is 31.5 Å². The van der Waals surface area contributed by atoms with Crippen LogP contribution in [0.1, 0.15) is 13.2 Å². The molecule has 118 valence electrons. The Bertz CT molecular complexity index is 759. The summed E-state index contributed by atoms with van der Waals surface area (Å²) in [5.41, 5.74) is -0.241. The number of imidazole rings is 1. The predicted octanol–water partition coefficient (Wildman–Crippen LogP) is -1.15. The van der Waals surface area contributed by atoms with Crippen molar-refractivity contribution in [2.24, 2.45) is 0 Å². The first-order chi connectivity index (χ1) is 10.5. The molecule has 2 aromatic rings. The van der Waals surface area contributed by atoms with Crippen molar-refractivity contribution in [1.29, 1.82) is 0 Å². The van der Waals surface area contributed by atoms with Crippen molar-refractivity contribution in [3.63, 3.8) is 0 Å². The summed E-state index contributed by atoms with van der Waals surface area (Å²) in [6, 6.07) is 0. The van der Waals surface area contributed by atoms with Crippen LogP contribution in [0.25, 0.3) is 11.2 Å². The number of alkyl halides is 1. The molecule has 4 atom stereocenters. The molecule has 9 nitrogen and oxygen atoms in total. The highest BCUT2D eigenvalue weighted by Crippen LogP contribution is 2.32. The van der Waals surface area contributed by atoms with E-state index in [9.17, 15) is 19.1 Å². The SMILES string of the molecule is CC(=O)NC[C@H]1O[C@@H](n2cnc3c(=O)[nH]cnc32)[C@H](F)[C@@H]1O. The molecular weight excluding hydrogens is 297 g/mol. The number of hydrogen-bond donors (Lipinski definition) is 3.